The van der Waals surface area contributed by atoms with Crippen LogP contribution in [0.1, 0.15) is 12.0 Å². The van der Waals surface area contributed by atoms with Crippen LogP contribution in [0.5, 0.6) is 11.5 Å². The second kappa shape index (κ2) is 11.7. The van der Waals surface area contributed by atoms with Crippen LogP contribution < -0.4 is 14.8 Å². The third-order valence-corrected chi connectivity index (χ3v) is 6.80. The fourth-order valence-electron chi connectivity index (χ4n) is 3.73. The van der Waals surface area contributed by atoms with Crippen LogP contribution >= 0.6 is 11.8 Å². The molecule has 0 bridgehead atoms. The Hall–Kier alpha value is -3.85. The van der Waals surface area contributed by atoms with Crippen LogP contribution in [0.4, 0.5) is 15.8 Å². The third kappa shape index (κ3) is 6.04. The van der Waals surface area contributed by atoms with Gasteiger partial charge in [-0.2, -0.15) is 0 Å². The summed E-state index contributed by atoms with van der Waals surface area (Å²) in [6, 6.07) is 20.7. The summed E-state index contributed by atoms with van der Waals surface area (Å²) < 4.78 is 25.1. The standard InChI is InChI=1S/C27H26FN3O4S/c1-34-22-13-12-18(16-23(22)35-2)14-15-31-25(32)17-24(26(33)29-19-8-4-3-5-9-19)36-27(31)30-21-11-7-6-10-20(21)28/h3-13,16,24H,14-15,17H2,1-2H3,(H,29,33)/t24-/m1/s1. The number of ether oxygens (including phenoxy) is 2. The maximum Gasteiger partial charge on any atom is 0.238 e. The summed E-state index contributed by atoms with van der Waals surface area (Å²) in [7, 11) is 3.13. The van der Waals surface area contributed by atoms with E-state index in [1.165, 1.54) is 17.0 Å². The Labute approximate surface area is 213 Å². The summed E-state index contributed by atoms with van der Waals surface area (Å²) >= 11 is 1.15. The largest absolute Gasteiger partial charge is 0.493 e. The minimum Gasteiger partial charge on any atom is -0.493 e. The highest BCUT2D eigenvalue weighted by Crippen LogP contribution is 2.32. The zero-order chi connectivity index (χ0) is 25.5. The SMILES string of the molecule is COc1ccc(CCN2C(=O)C[C@H](C(=O)Nc3ccccc3)SC2=Nc2ccccc2F)cc1OC. The molecule has 1 fully saturated rings. The molecule has 7 nitrogen and oxygen atoms in total. The Morgan fingerprint density at radius 2 is 1.78 bits per heavy atom. The average Bonchev–Trinajstić information content (AvgIpc) is 2.89. The fraction of sp³-hybridized carbons (Fsp3) is 0.222. The smallest absolute Gasteiger partial charge is 0.238 e. The molecule has 0 aromatic heterocycles. The molecule has 0 saturated carbocycles. The summed E-state index contributed by atoms with van der Waals surface area (Å²) in [4.78, 5) is 32.1. The minimum atomic E-state index is -0.694. The van der Waals surface area contributed by atoms with Gasteiger partial charge in [0.2, 0.25) is 11.8 Å². The molecule has 1 aliphatic heterocycles. The Morgan fingerprint density at radius 3 is 2.50 bits per heavy atom. The van der Waals surface area contributed by atoms with Crippen LogP contribution in [-0.4, -0.2) is 47.9 Å². The van der Waals surface area contributed by atoms with Gasteiger partial charge in [0.15, 0.2) is 16.7 Å². The van der Waals surface area contributed by atoms with E-state index in [0.29, 0.717) is 30.2 Å². The van der Waals surface area contributed by atoms with Crippen LogP contribution in [0.3, 0.4) is 0 Å². The summed E-state index contributed by atoms with van der Waals surface area (Å²) in [6.45, 7) is 0.307. The van der Waals surface area contributed by atoms with E-state index < -0.39 is 11.1 Å². The number of halogens is 1. The highest BCUT2D eigenvalue weighted by atomic mass is 32.2. The number of hydrogen-bond donors (Lipinski definition) is 1. The molecule has 0 aliphatic carbocycles. The van der Waals surface area contributed by atoms with E-state index in [1.54, 1.807) is 44.6 Å². The molecule has 1 saturated heterocycles. The predicted molar refractivity (Wildman–Crippen MR) is 140 cm³/mol. The van der Waals surface area contributed by atoms with Gasteiger partial charge in [-0.15, -0.1) is 0 Å². The van der Waals surface area contributed by atoms with Crippen molar-refractivity contribution in [3.8, 4) is 11.5 Å². The number of methoxy groups -OCH3 is 2. The van der Waals surface area contributed by atoms with Crippen molar-refractivity contribution in [3.63, 3.8) is 0 Å². The first-order valence-corrected chi connectivity index (χ1v) is 12.2. The summed E-state index contributed by atoms with van der Waals surface area (Å²) in [5.74, 6) is 0.138. The van der Waals surface area contributed by atoms with Gasteiger partial charge in [-0.1, -0.05) is 48.2 Å². The van der Waals surface area contributed by atoms with Crippen molar-refractivity contribution in [3.05, 3.63) is 84.2 Å². The quantitative estimate of drug-likeness (QED) is 0.462. The highest BCUT2D eigenvalue weighted by molar-refractivity contribution is 8.15. The Balaban J connectivity index is 1.57. The average molecular weight is 508 g/mol. The van der Waals surface area contributed by atoms with Crippen LogP contribution in [-0.2, 0) is 16.0 Å². The summed E-state index contributed by atoms with van der Waals surface area (Å²) in [5, 5.41) is 2.43. The fourth-order valence-corrected chi connectivity index (χ4v) is 4.85. The lowest BCUT2D eigenvalue weighted by molar-refractivity contribution is -0.129. The van der Waals surface area contributed by atoms with Gasteiger partial charge in [-0.3, -0.25) is 14.5 Å². The Morgan fingerprint density at radius 1 is 1.06 bits per heavy atom. The van der Waals surface area contributed by atoms with Crippen molar-refractivity contribution in [1.29, 1.82) is 0 Å². The number of para-hydroxylation sites is 2. The number of amidine groups is 1. The van der Waals surface area contributed by atoms with E-state index in [4.69, 9.17) is 9.47 Å². The number of aliphatic imine (C=N–C) groups is 1. The zero-order valence-electron chi connectivity index (χ0n) is 19.9. The van der Waals surface area contributed by atoms with Crippen molar-refractivity contribution in [2.24, 2.45) is 4.99 Å². The molecule has 0 radical (unpaired) electrons. The summed E-state index contributed by atoms with van der Waals surface area (Å²) in [5.41, 5.74) is 1.67. The van der Waals surface area contributed by atoms with E-state index >= 15 is 0 Å². The zero-order valence-corrected chi connectivity index (χ0v) is 20.8. The molecule has 36 heavy (non-hydrogen) atoms. The number of carbonyl (C=O) groups excluding carboxylic acids is 2. The lowest BCUT2D eigenvalue weighted by Gasteiger charge is -2.32. The number of benzene rings is 3. The van der Waals surface area contributed by atoms with Crippen LogP contribution in [0.25, 0.3) is 0 Å². The first-order chi connectivity index (χ1) is 17.5. The maximum atomic E-state index is 14.4. The number of rotatable bonds is 8. The number of nitrogens with one attached hydrogen (secondary N) is 1. The highest BCUT2D eigenvalue weighted by Gasteiger charge is 2.36. The second-order valence-electron chi connectivity index (χ2n) is 8.00. The predicted octanol–water partition coefficient (Wildman–Crippen LogP) is 5.05. The van der Waals surface area contributed by atoms with Gasteiger partial charge in [0.25, 0.3) is 0 Å². The number of carbonyl (C=O) groups is 2. The van der Waals surface area contributed by atoms with Gasteiger partial charge in [0.05, 0.1) is 14.2 Å². The molecule has 1 N–H and O–H groups in total. The molecule has 3 aromatic carbocycles. The van der Waals surface area contributed by atoms with Crippen LogP contribution in [0.15, 0.2) is 77.8 Å². The van der Waals surface area contributed by atoms with E-state index in [9.17, 15) is 14.0 Å². The lowest BCUT2D eigenvalue weighted by atomic mass is 10.1. The van der Waals surface area contributed by atoms with E-state index in [0.717, 1.165) is 17.3 Å². The van der Waals surface area contributed by atoms with Crippen molar-refractivity contribution in [2.45, 2.75) is 18.1 Å². The number of thioether (sulfide) groups is 1. The third-order valence-electron chi connectivity index (χ3n) is 5.61. The van der Waals surface area contributed by atoms with Crippen molar-refractivity contribution in [1.82, 2.24) is 4.90 Å². The number of nitrogens with zero attached hydrogens (tertiary/aromatic N) is 2. The topological polar surface area (TPSA) is 80.2 Å². The summed E-state index contributed by atoms with van der Waals surface area (Å²) in [6.07, 6.45) is 0.509. The molecule has 4 rings (SSSR count). The van der Waals surface area contributed by atoms with Gasteiger partial charge in [-0.25, -0.2) is 9.38 Å². The van der Waals surface area contributed by atoms with Crippen molar-refractivity contribution < 1.29 is 23.5 Å². The Bertz CT molecular complexity index is 1270. The normalized spacial score (nSPS) is 16.6. The molecule has 0 unspecified atom stereocenters. The minimum absolute atomic E-state index is 0.00551. The van der Waals surface area contributed by atoms with Gasteiger partial charge in [0.1, 0.15) is 16.8 Å². The Kier molecular flexibility index (Phi) is 8.22. The molecule has 1 heterocycles. The van der Waals surface area contributed by atoms with Crippen LogP contribution in [0.2, 0.25) is 0 Å². The van der Waals surface area contributed by atoms with E-state index in [2.05, 4.69) is 10.3 Å². The van der Waals surface area contributed by atoms with Gasteiger partial charge >= 0.3 is 0 Å². The molecule has 186 valence electrons. The first-order valence-electron chi connectivity index (χ1n) is 11.4. The van der Waals surface area contributed by atoms with E-state index in [-0.39, 0.29) is 29.1 Å². The lowest BCUT2D eigenvalue weighted by Crippen LogP contribution is -2.46. The van der Waals surface area contributed by atoms with Gasteiger partial charge in [-0.05, 0) is 48.4 Å². The molecule has 1 aliphatic rings. The molecule has 2 amide bonds. The van der Waals surface area contributed by atoms with Gasteiger partial charge in [0, 0.05) is 18.7 Å². The number of anilines is 1. The molecule has 0 spiro atoms. The van der Waals surface area contributed by atoms with Crippen LogP contribution in [0, 0.1) is 5.82 Å². The molecule has 3 aromatic rings. The van der Waals surface area contributed by atoms with E-state index in [1.807, 2.05) is 30.3 Å². The van der Waals surface area contributed by atoms with Gasteiger partial charge < -0.3 is 14.8 Å². The number of hydrogen-bond acceptors (Lipinski definition) is 6. The molecular formula is C27H26FN3O4S. The molecule has 1 atom stereocenters. The van der Waals surface area contributed by atoms with Crippen molar-refractivity contribution in [2.75, 3.05) is 26.1 Å². The monoisotopic (exact) mass is 507 g/mol. The molecular weight excluding hydrogens is 481 g/mol. The van der Waals surface area contributed by atoms with Crippen molar-refractivity contribution >= 4 is 40.1 Å². The maximum absolute atomic E-state index is 14.4. The first kappa shape index (κ1) is 25.2. The number of amides is 2. The molecule has 9 heteroatoms. The second-order valence-corrected chi connectivity index (χ2v) is 9.17.